The molecule has 1 aromatic heterocycles. The molecule has 3 rings (SSSR count). The number of hydrogen-bond donors (Lipinski definition) is 2. The quantitative estimate of drug-likeness (QED) is 0.673. The molecule has 0 aliphatic carbocycles. The molecule has 0 fully saturated rings. The highest BCUT2D eigenvalue weighted by atomic mass is 16.4. The number of carboxylic acids is 1. The van der Waals surface area contributed by atoms with Crippen LogP contribution in [0, 0.1) is 5.92 Å². The molecule has 0 bridgehead atoms. The summed E-state index contributed by atoms with van der Waals surface area (Å²) in [5.41, 5.74) is 2.82. The van der Waals surface area contributed by atoms with E-state index in [4.69, 9.17) is 0 Å². The second-order valence-electron chi connectivity index (χ2n) is 6.82. The van der Waals surface area contributed by atoms with Crippen molar-refractivity contribution < 1.29 is 14.7 Å². The molecular weight excluding hydrogens is 342 g/mol. The predicted molar refractivity (Wildman–Crippen MR) is 104 cm³/mol. The topological polar surface area (TPSA) is 84.2 Å². The number of carboxylic acid groups (broad SMARTS) is 1. The number of rotatable bonds is 7. The van der Waals surface area contributed by atoms with Crippen LogP contribution in [0.3, 0.4) is 0 Å². The number of carbonyl (C=O) groups excluding carboxylic acids is 1. The first-order valence-electron chi connectivity index (χ1n) is 9.01. The van der Waals surface area contributed by atoms with Gasteiger partial charge in [0.2, 0.25) is 5.91 Å². The van der Waals surface area contributed by atoms with E-state index in [0.717, 1.165) is 22.5 Å². The largest absolute Gasteiger partial charge is 0.480 e. The van der Waals surface area contributed by atoms with Crippen LogP contribution in [-0.4, -0.2) is 32.6 Å². The standard InChI is InChI=1S/C21H23N3O3/c1-14(2)20(21(26)27)23-19(25)13-12-18-22-16-10-6-7-11-17(16)24(18)15-8-4-3-5-9-15/h3-11,14,20H,12-13H2,1-2H3,(H,23,25)(H,26,27). The van der Waals surface area contributed by atoms with Crippen LogP contribution in [0.2, 0.25) is 0 Å². The number of hydrogen-bond acceptors (Lipinski definition) is 3. The van der Waals surface area contributed by atoms with Crippen LogP contribution < -0.4 is 5.32 Å². The first kappa shape index (κ1) is 18.6. The van der Waals surface area contributed by atoms with Gasteiger partial charge >= 0.3 is 5.97 Å². The van der Waals surface area contributed by atoms with Gasteiger partial charge in [0.1, 0.15) is 11.9 Å². The minimum atomic E-state index is -1.02. The number of aromatic nitrogens is 2. The normalized spacial score (nSPS) is 12.3. The fourth-order valence-electron chi connectivity index (χ4n) is 3.09. The van der Waals surface area contributed by atoms with Gasteiger partial charge < -0.3 is 10.4 Å². The maximum atomic E-state index is 12.3. The van der Waals surface area contributed by atoms with Gasteiger partial charge in [-0.1, -0.05) is 44.2 Å². The summed E-state index contributed by atoms with van der Waals surface area (Å²) in [6.45, 7) is 3.54. The number of nitrogens with zero attached hydrogens (tertiary/aromatic N) is 2. The third-order valence-electron chi connectivity index (χ3n) is 4.47. The second-order valence-corrected chi connectivity index (χ2v) is 6.82. The van der Waals surface area contributed by atoms with Crippen LogP contribution in [0.4, 0.5) is 0 Å². The highest BCUT2D eigenvalue weighted by molar-refractivity contribution is 5.84. The first-order valence-corrected chi connectivity index (χ1v) is 9.01. The van der Waals surface area contributed by atoms with E-state index in [1.54, 1.807) is 13.8 Å². The van der Waals surface area contributed by atoms with Crippen molar-refractivity contribution in [2.45, 2.75) is 32.7 Å². The Kier molecular flexibility index (Phi) is 5.54. The maximum absolute atomic E-state index is 12.3. The fourth-order valence-corrected chi connectivity index (χ4v) is 3.09. The van der Waals surface area contributed by atoms with Crippen molar-refractivity contribution in [3.8, 4) is 5.69 Å². The second kappa shape index (κ2) is 8.03. The molecule has 0 aliphatic rings. The summed E-state index contributed by atoms with van der Waals surface area (Å²) in [6.07, 6.45) is 0.590. The average Bonchev–Trinajstić information content (AvgIpc) is 3.03. The summed E-state index contributed by atoms with van der Waals surface area (Å²) in [4.78, 5) is 28.2. The Balaban J connectivity index is 1.83. The molecule has 0 spiro atoms. The molecule has 2 N–H and O–H groups in total. The van der Waals surface area contributed by atoms with E-state index in [9.17, 15) is 14.7 Å². The molecule has 0 saturated carbocycles. The molecule has 1 amide bonds. The van der Waals surface area contributed by atoms with Crippen molar-refractivity contribution >= 4 is 22.9 Å². The van der Waals surface area contributed by atoms with E-state index in [2.05, 4.69) is 10.3 Å². The Morgan fingerprint density at radius 1 is 1.07 bits per heavy atom. The third-order valence-corrected chi connectivity index (χ3v) is 4.47. The molecule has 0 aliphatic heterocycles. The number of benzene rings is 2. The van der Waals surface area contributed by atoms with E-state index in [1.807, 2.05) is 59.2 Å². The summed E-state index contributed by atoms with van der Waals surface area (Å²) in [7, 11) is 0. The smallest absolute Gasteiger partial charge is 0.326 e. The van der Waals surface area contributed by atoms with Crippen molar-refractivity contribution in [1.29, 1.82) is 0 Å². The molecule has 1 unspecified atom stereocenters. The summed E-state index contributed by atoms with van der Waals surface area (Å²) in [5.74, 6) is -0.716. The zero-order valence-electron chi connectivity index (χ0n) is 15.4. The molecule has 2 aromatic carbocycles. The molecule has 140 valence electrons. The molecule has 27 heavy (non-hydrogen) atoms. The number of fused-ring (bicyclic) bond motifs is 1. The Labute approximate surface area is 157 Å². The maximum Gasteiger partial charge on any atom is 0.326 e. The molecule has 0 radical (unpaired) electrons. The predicted octanol–water partition coefficient (Wildman–Crippen LogP) is 3.18. The summed E-state index contributed by atoms with van der Waals surface area (Å²) in [6, 6.07) is 16.8. The number of nitrogens with one attached hydrogen (secondary N) is 1. The minimum Gasteiger partial charge on any atom is -0.480 e. The van der Waals surface area contributed by atoms with Crippen LogP contribution >= 0.6 is 0 Å². The molecular formula is C21H23N3O3. The zero-order chi connectivity index (χ0) is 19.4. The number of carbonyl (C=O) groups is 2. The zero-order valence-corrected chi connectivity index (χ0v) is 15.4. The third kappa shape index (κ3) is 4.16. The van der Waals surface area contributed by atoms with Gasteiger partial charge in [-0.15, -0.1) is 0 Å². The van der Waals surface area contributed by atoms with Crippen LogP contribution in [0.1, 0.15) is 26.1 Å². The minimum absolute atomic E-state index is 0.173. The van der Waals surface area contributed by atoms with E-state index in [-0.39, 0.29) is 18.2 Å². The Morgan fingerprint density at radius 3 is 2.41 bits per heavy atom. The highest BCUT2D eigenvalue weighted by Crippen LogP contribution is 2.22. The number of aliphatic carboxylic acids is 1. The van der Waals surface area contributed by atoms with Gasteiger partial charge in [-0.25, -0.2) is 9.78 Å². The van der Waals surface area contributed by atoms with Gasteiger partial charge in [0.05, 0.1) is 11.0 Å². The lowest BCUT2D eigenvalue weighted by Crippen LogP contribution is -2.44. The van der Waals surface area contributed by atoms with Crippen molar-refractivity contribution in [2.24, 2.45) is 5.92 Å². The number of imidazole rings is 1. The molecule has 0 saturated heterocycles. The molecule has 6 nitrogen and oxygen atoms in total. The summed E-state index contributed by atoms with van der Waals surface area (Å²) < 4.78 is 2.04. The monoisotopic (exact) mass is 365 g/mol. The Morgan fingerprint density at radius 2 is 1.74 bits per heavy atom. The van der Waals surface area contributed by atoms with Crippen molar-refractivity contribution in [1.82, 2.24) is 14.9 Å². The molecule has 6 heteroatoms. The lowest BCUT2D eigenvalue weighted by Gasteiger charge is -2.17. The van der Waals surface area contributed by atoms with Gasteiger partial charge in [-0.3, -0.25) is 9.36 Å². The van der Waals surface area contributed by atoms with Gasteiger partial charge in [-0.05, 0) is 30.2 Å². The lowest BCUT2D eigenvalue weighted by molar-refractivity contribution is -0.143. The van der Waals surface area contributed by atoms with Crippen LogP contribution in [0.15, 0.2) is 54.6 Å². The highest BCUT2D eigenvalue weighted by Gasteiger charge is 2.23. The SMILES string of the molecule is CC(C)C(NC(=O)CCc1nc2ccccc2n1-c1ccccc1)C(=O)O. The number of amides is 1. The van der Waals surface area contributed by atoms with Crippen LogP contribution in [0.5, 0.6) is 0 Å². The summed E-state index contributed by atoms with van der Waals surface area (Å²) in [5, 5.41) is 11.8. The van der Waals surface area contributed by atoms with E-state index < -0.39 is 12.0 Å². The number of aryl methyl sites for hydroxylation is 1. The molecule has 1 heterocycles. The summed E-state index contributed by atoms with van der Waals surface area (Å²) >= 11 is 0. The van der Waals surface area contributed by atoms with Gasteiger partial charge in [-0.2, -0.15) is 0 Å². The van der Waals surface area contributed by atoms with Crippen molar-refractivity contribution in [2.75, 3.05) is 0 Å². The fraction of sp³-hybridized carbons (Fsp3) is 0.286. The van der Waals surface area contributed by atoms with Crippen LogP contribution in [0.25, 0.3) is 16.7 Å². The van der Waals surface area contributed by atoms with Crippen molar-refractivity contribution in [3.05, 3.63) is 60.4 Å². The molecule has 1 atom stereocenters. The van der Waals surface area contributed by atoms with E-state index >= 15 is 0 Å². The van der Waals surface area contributed by atoms with Crippen LogP contribution in [-0.2, 0) is 16.0 Å². The number of para-hydroxylation sites is 3. The first-order chi connectivity index (χ1) is 13.0. The van der Waals surface area contributed by atoms with Crippen molar-refractivity contribution in [3.63, 3.8) is 0 Å². The average molecular weight is 365 g/mol. The van der Waals surface area contributed by atoms with Gasteiger partial charge in [0, 0.05) is 18.5 Å². The van der Waals surface area contributed by atoms with E-state index in [1.165, 1.54) is 0 Å². The molecule has 3 aromatic rings. The van der Waals surface area contributed by atoms with Gasteiger partial charge in [0.25, 0.3) is 0 Å². The lowest BCUT2D eigenvalue weighted by atomic mass is 10.0. The van der Waals surface area contributed by atoms with Gasteiger partial charge in [0.15, 0.2) is 0 Å². The van der Waals surface area contributed by atoms with E-state index in [0.29, 0.717) is 6.42 Å². The Hall–Kier alpha value is -3.15. The Bertz CT molecular complexity index is 948.